The number of carbonyl (C=O) groups is 1. The molecule has 7 nitrogen and oxygen atoms in total. The Morgan fingerprint density at radius 3 is 2.61 bits per heavy atom. The number of rotatable bonds is 3. The van der Waals surface area contributed by atoms with E-state index in [0.29, 0.717) is 16.5 Å². The van der Waals surface area contributed by atoms with Crippen LogP contribution >= 0.6 is 0 Å². The van der Waals surface area contributed by atoms with Crippen LogP contribution in [0.1, 0.15) is 16.1 Å². The Morgan fingerprint density at radius 2 is 1.93 bits per heavy atom. The standard InChI is InChI=1S/C19H18FN3O4S/c1-13-16-11-14(20)4-5-17(16)27-18(13)19(24)22-7-9-23(10-8-22)28(25,26)15-3-2-6-21-12-15/h2-6,11-12H,7-10H2,1H3. The minimum Gasteiger partial charge on any atom is -0.451 e. The fourth-order valence-corrected chi connectivity index (χ4v) is 4.71. The fourth-order valence-electron chi connectivity index (χ4n) is 3.32. The Balaban J connectivity index is 1.51. The molecule has 0 N–H and O–H groups in total. The summed E-state index contributed by atoms with van der Waals surface area (Å²) in [7, 11) is -3.64. The van der Waals surface area contributed by atoms with Crippen LogP contribution in [-0.2, 0) is 10.0 Å². The summed E-state index contributed by atoms with van der Waals surface area (Å²) in [6, 6.07) is 7.18. The van der Waals surface area contributed by atoms with Crippen molar-refractivity contribution in [2.24, 2.45) is 0 Å². The molecule has 3 aromatic rings. The summed E-state index contributed by atoms with van der Waals surface area (Å²) < 4.78 is 45.8. The Labute approximate surface area is 161 Å². The summed E-state index contributed by atoms with van der Waals surface area (Å²) in [6.45, 7) is 2.54. The van der Waals surface area contributed by atoms with Crippen LogP contribution in [0.2, 0.25) is 0 Å². The molecule has 9 heteroatoms. The van der Waals surface area contributed by atoms with Crippen molar-refractivity contribution in [1.29, 1.82) is 0 Å². The second kappa shape index (κ2) is 6.99. The first-order chi connectivity index (χ1) is 13.4. The number of pyridine rings is 1. The summed E-state index contributed by atoms with van der Waals surface area (Å²) in [6.07, 6.45) is 2.82. The van der Waals surface area contributed by atoms with E-state index in [-0.39, 0.29) is 42.7 Å². The maximum Gasteiger partial charge on any atom is 0.289 e. The second-order valence-corrected chi connectivity index (χ2v) is 8.52. The van der Waals surface area contributed by atoms with E-state index in [0.717, 1.165) is 0 Å². The van der Waals surface area contributed by atoms with E-state index in [2.05, 4.69) is 4.98 Å². The number of hydrogen-bond donors (Lipinski definition) is 0. The van der Waals surface area contributed by atoms with Gasteiger partial charge in [0, 0.05) is 49.5 Å². The molecule has 0 unspecified atom stereocenters. The van der Waals surface area contributed by atoms with Crippen LogP contribution in [0.25, 0.3) is 11.0 Å². The first-order valence-electron chi connectivity index (χ1n) is 8.76. The minimum absolute atomic E-state index is 0.130. The predicted molar refractivity (Wildman–Crippen MR) is 99.8 cm³/mol. The molecular weight excluding hydrogens is 385 g/mol. The Bertz CT molecular complexity index is 1140. The average Bonchev–Trinajstić information content (AvgIpc) is 3.04. The van der Waals surface area contributed by atoms with Gasteiger partial charge in [0.2, 0.25) is 10.0 Å². The molecule has 1 aromatic carbocycles. The van der Waals surface area contributed by atoms with Crippen LogP contribution in [0.5, 0.6) is 0 Å². The lowest BCUT2D eigenvalue weighted by molar-refractivity contribution is 0.0667. The smallest absolute Gasteiger partial charge is 0.289 e. The van der Waals surface area contributed by atoms with Gasteiger partial charge in [0.1, 0.15) is 16.3 Å². The maximum atomic E-state index is 13.5. The van der Waals surface area contributed by atoms with Gasteiger partial charge in [0.25, 0.3) is 5.91 Å². The van der Waals surface area contributed by atoms with Crippen LogP contribution in [0, 0.1) is 12.7 Å². The number of sulfonamides is 1. The molecule has 28 heavy (non-hydrogen) atoms. The van der Waals surface area contributed by atoms with Gasteiger partial charge in [-0.1, -0.05) is 0 Å². The fraction of sp³-hybridized carbons (Fsp3) is 0.263. The Kier molecular flexibility index (Phi) is 4.64. The van der Waals surface area contributed by atoms with E-state index >= 15 is 0 Å². The van der Waals surface area contributed by atoms with Crippen molar-refractivity contribution in [3.8, 4) is 0 Å². The lowest BCUT2D eigenvalue weighted by Crippen LogP contribution is -2.50. The summed E-state index contributed by atoms with van der Waals surface area (Å²) in [5.74, 6) is -0.568. The highest BCUT2D eigenvalue weighted by Crippen LogP contribution is 2.27. The largest absolute Gasteiger partial charge is 0.451 e. The quantitative estimate of drug-likeness (QED) is 0.671. The van der Waals surface area contributed by atoms with Gasteiger partial charge in [-0.25, -0.2) is 12.8 Å². The molecule has 0 saturated carbocycles. The van der Waals surface area contributed by atoms with E-state index < -0.39 is 15.8 Å². The molecule has 2 aromatic heterocycles. The van der Waals surface area contributed by atoms with E-state index in [1.807, 2.05) is 0 Å². The number of amides is 1. The number of fused-ring (bicyclic) bond motifs is 1. The van der Waals surface area contributed by atoms with E-state index in [4.69, 9.17) is 4.42 Å². The SMILES string of the molecule is Cc1c(C(=O)N2CCN(S(=O)(=O)c3cccnc3)CC2)oc2ccc(F)cc12. The molecule has 0 atom stereocenters. The van der Waals surface area contributed by atoms with Gasteiger partial charge >= 0.3 is 0 Å². The molecule has 1 aliphatic heterocycles. The molecule has 0 radical (unpaired) electrons. The summed E-state index contributed by atoms with van der Waals surface area (Å²) >= 11 is 0. The highest BCUT2D eigenvalue weighted by molar-refractivity contribution is 7.89. The minimum atomic E-state index is -3.64. The molecule has 1 saturated heterocycles. The summed E-state index contributed by atoms with van der Waals surface area (Å²) in [4.78, 5) is 18.4. The summed E-state index contributed by atoms with van der Waals surface area (Å²) in [5.41, 5.74) is 1.02. The van der Waals surface area contributed by atoms with E-state index in [1.54, 1.807) is 17.9 Å². The molecule has 1 fully saturated rings. The zero-order valence-corrected chi connectivity index (χ0v) is 15.9. The van der Waals surface area contributed by atoms with Crippen LogP contribution in [-0.4, -0.2) is 54.7 Å². The highest BCUT2D eigenvalue weighted by atomic mass is 32.2. The van der Waals surface area contributed by atoms with Gasteiger partial charge < -0.3 is 9.32 Å². The third kappa shape index (κ3) is 3.16. The average molecular weight is 403 g/mol. The molecule has 0 spiro atoms. The highest BCUT2D eigenvalue weighted by Gasteiger charge is 2.32. The van der Waals surface area contributed by atoms with Crippen molar-refractivity contribution < 1.29 is 22.0 Å². The lowest BCUT2D eigenvalue weighted by atomic mass is 10.1. The van der Waals surface area contributed by atoms with Crippen molar-refractivity contribution in [3.05, 3.63) is 59.9 Å². The van der Waals surface area contributed by atoms with Gasteiger partial charge in [-0.3, -0.25) is 9.78 Å². The number of carbonyl (C=O) groups excluding carboxylic acids is 1. The predicted octanol–water partition coefficient (Wildman–Crippen LogP) is 2.42. The van der Waals surface area contributed by atoms with Gasteiger partial charge in [0.15, 0.2) is 5.76 Å². The first-order valence-corrected chi connectivity index (χ1v) is 10.2. The van der Waals surface area contributed by atoms with Gasteiger partial charge in [0.05, 0.1) is 0 Å². The third-order valence-corrected chi connectivity index (χ3v) is 6.77. The zero-order chi connectivity index (χ0) is 19.9. The van der Waals surface area contributed by atoms with Crippen molar-refractivity contribution in [2.45, 2.75) is 11.8 Å². The number of piperazine rings is 1. The first kappa shape index (κ1) is 18.6. The van der Waals surface area contributed by atoms with Crippen LogP contribution in [0.15, 0.2) is 52.0 Å². The van der Waals surface area contributed by atoms with Gasteiger partial charge in [-0.15, -0.1) is 0 Å². The van der Waals surface area contributed by atoms with Crippen molar-refractivity contribution >= 4 is 26.9 Å². The molecular formula is C19H18FN3O4S. The van der Waals surface area contributed by atoms with E-state index in [9.17, 15) is 17.6 Å². The van der Waals surface area contributed by atoms with Gasteiger partial charge in [-0.05, 0) is 37.3 Å². The number of hydrogen-bond acceptors (Lipinski definition) is 5. The topological polar surface area (TPSA) is 83.7 Å². The van der Waals surface area contributed by atoms with Crippen LogP contribution < -0.4 is 0 Å². The number of furan rings is 1. The zero-order valence-electron chi connectivity index (χ0n) is 15.1. The monoisotopic (exact) mass is 403 g/mol. The summed E-state index contributed by atoms with van der Waals surface area (Å²) in [5, 5.41) is 0.557. The van der Waals surface area contributed by atoms with E-state index in [1.165, 1.54) is 41.0 Å². The third-order valence-electron chi connectivity index (χ3n) is 4.89. The lowest BCUT2D eigenvalue weighted by Gasteiger charge is -2.33. The molecule has 1 amide bonds. The molecule has 3 heterocycles. The number of aromatic nitrogens is 1. The number of aryl methyl sites for hydroxylation is 1. The maximum absolute atomic E-state index is 13.5. The molecule has 1 aliphatic rings. The van der Waals surface area contributed by atoms with Crippen molar-refractivity contribution in [2.75, 3.05) is 26.2 Å². The number of halogens is 1. The van der Waals surface area contributed by atoms with Crippen molar-refractivity contribution in [3.63, 3.8) is 0 Å². The molecule has 0 bridgehead atoms. The van der Waals surface area contributed by atoms with Gasteiger partial charge in [-0.2, -0.15) is 4.31 Å². The molecule has 146 valence electrons. The molecule has 0 aliphatic carbocycles. The Hall–Kier alpha value is -2.78. The number of benzene rings is 1. The Morgan fingerprint density at radius 1 is 1.18 bits per heavy atom. The second-order valence-electron chi connectivity index (χ2n) is 6.58. The number of nitrogens with zero attached hydrogens (tertiary/aromatic N) is 3. The molecule has 4 rings (SSSR count). The van der Waals surface area contributed by atoms with Crippen LogP contribution in [0.3, 0.4) is 0 Å². The van der Waals surface area contributed by atoms with Crippen molar-refractivity contribution in [1.82, 2.24) is 14.2 Å². The van der Waals surface area contributed by atoms with Crippen LogP contribution in [0.4, 0.5) is 4.39 Å². The normalized spacial score (nSPS) is 15.9.